The Morgan fingerprint density at radius 3 is 2.60 bits per heavy atom. The highest BCUT2D eigenvalue weighted by Gasteiger charge is 2.10. The maximum atomic E-state index is 10.1. The second kappa shape index (κ2) is 4.19. The number of carbonyl (C=O) groups is 1. The van der Waals surface area contributed by atoms with Gasteiger partial charge in [0.1, 0.15) is 6.04 Å². The number of rotatable bonds is 4. The Morgan fingerprint density at radius 1 is 1.80 bits per heavy atom. The summed E-state index contributed by atoms with van der Waals surface area (Å²) < 4.78 is 0. The minimum absolute atomic E-state index is 0.269. The number of hydrogen-bond acceptors (Lipinski definition) is 4. The zero-order valence-electron chi connectivity index (χ0n) is 5.41. The Morgan fingerprint density at radius 2 is 2.30 bits per heavy atom. The maximum absolute atomic E-state index is 10.1. The van der Waals surface area contributed by atoms with Crippen LogP contribution in [0.2, 0.25) is 0 Å². The summed E-state index contributed by atoms with van der Waals surface area (Å²) in [5.74, 6) is -0.751. The van der Waals surface area contributed by atoms with Crippen LogP contribution in [0.3, 0.4) is 0 Å². The lowest BCUT2D eigenvalue weighted by molar-refractivity contribution is -0.137. The van der Waals surface area contributed by atoms with Crippen LogP contribution in [-0.4, -0.2) is 22.9 Å². The van der Waals surface area contributed by atoms with Crippen LogP contribution in [0.25, 0.3) is 0 Å². The minimum atomic E-state index is -1.02. The Kier molecular flexibility index (Phi) is 3.90. The van der Waals surface area contributed by atoms with Gasteiger partial charge >= 0.3 is 5.97 Å². The van der Waals surface area contributed by atoms with Crippen molar-refractivity contribution in [1.82, 2.24) is 0 Å². The molecule has 0 unspecified atom stereocenters. The van der Waals surface area contributed by atoms with Gasteiger partial charge in [0, 0.05) is 5.75 Å². The molecule has 0 fully saturated rings. The molecule has 10 heavy (non-hydrogen) atoms. The summed E-state index contributed by atoms with van der Waals surface area (Å²) in [6.45, 7) is 3.38. The molecule has 0 heterocycles. The lowest BCUT2D eigenvalue weighted by atomic mass is 10.4. The second-order valence-electron chi connectivity index (χ2n) is 1.72. The molecule has 0 saturated heterocycles. The van der Waals surface area contributed by atoms with Gasteiger partial charge in [-0.2, -0.15) is 0 Å². The first-order chi connectivity index (χ1) is 4.54. The molecule has 0 saturated carbocycles. The molecular weight excluding hydrogens is 152 g/mol. The fourth-order valence-corrected chi connectivity index (χ4v) is 0.804. The Balaban J connectivity index is 3.49. The molecule has 58 valence electrons. The fourth-order valence-electron chi connectivity index (χ4n) is 0.268. The van der Waals surface area contributed by atoms with E-state index in [9.17, 15) is 4.79 Å². The van der Waals surface area contributed by atoms with Crippen LogP contribution in [-0.2, 0) is 4.79 Å². The van der Waals surface area contributed by atoms with Gasteiger partial charge in [0.2, 0.25) is 0 Å². The third kappa shape index (κ3) is 4.22. The highest BCUT2D eigenvalue weighted by Crippen LogP contribution is 2.07. The number of nitrogens with two attached hydrogens (primary N) is 2. The molecule has 0 aromatic carbocycles. The average molecular weight is 162 g/mol. The van der Waals surface area contributed by atoms with E-state index in [1.807, 2.05) is 0 Å². The zero-order chi connectivity index (χ0) is 8.15. The SMILES string of the molecule is C=C(N)SC[C@H](N)C(=O)O. The molecule has 0 bridgehead atoms. The minimum Gasteiger partial charge on any atom is -0.480 e. The van der Waals surface area contributed by atoms with Gasteiger partial charge in [0.15, 0.2) is 0 Å². The van der Waals surface area contributed by atoms with Crippen molar-refractivity contribution in [2.24, 2.45) is 11.5 Å². The summed E-state index contributed by atoms with van der Waals surface area (Å²) in [5.41, 5.74) is 10.3. The third-order valence-electron chi connectivity index (χ3n) is 0.765. The summed E-state index contributed by atoms with van der Waals surface area (Å²) in [4.78, 5) is 10.1. The molecule has 0 aromatic rings. The maximum Gasteiger partial charge on any atom is 0.321 e. The molecular formula is C5H10N2O2S. The van der Waals surface area contributed by atoms with Gasteiger partial charge in [-0.3, -0.25) is 4.79 Å². The second-order valence-corrected chi connectivity index (χ2v) is 2.87. The smallest absolute Gasteiger partial charge is 0.321 e. The molecule has 0 radical (unpaired) electrons. The standard InChI is InChI=1S/C5H10N2O2S/c1-3(6)10-2-4(7)5(8)9/h4H,1-2,6-7H2,(H,8,9)/t4-/m0/s1. The van der Waals surface area contributed by atoms with Crippen molar-refractivity contribution in [2.75, 3.05) is 5.75 Å². The lowest BCUT2D eigenvalue weighted by Gasteiger charge is -2.03. The average Bonchev–Trinajstić information content (AvgIpc) is 1.82. The normalized spacial score (nSPS) is 12.5. The molecule has 1 atom stereocenters. The zero-order valence-corrected chi connectivity index (χ0v) is 6.23. The number of carboxylic acids is 1. The van der Waals surface area contributed by atoms with Crippen LogP contribution in [0, 0.1) is 0 Å². The first kappa shape index (κ1) is 9.32. The van der Waals surface area contributed by atoms with E-state index in [2.05, 4.69) is 6.58 Å². The van der Waals surface area contributed by atoms with Crippen molar-refractivity contribution in [3.63, 3.8) is 0 Å². The molecule has 0 aromatic heterocycles. The molecule has 0 spiro atoms. The monoisotopic (exact) mass is 162 g/mol. The van der Waals surface area contributed by atoms with Gasteiger partial charge in [-0.15, -0.1) is 11.8 Å². The Hall–Kier alpha value is -0.680. The lowest BCUT2D eigenvalue weighted by Crippen LogP contribution is -2.32. The van der Waals surface area contributed by atoms with Gasteiger partial charge in [-0.1, -0.05) is 6.58 Å². The van der Waals surface area contributed by atoms with E-state index in [-0.39, 0.29) is 5.75 Å². The molecule has 0 aliphatic rings. The summed E-state index contributed by atoms with van der Waals surface area (Å²) in [6.07, 6.45) is 0. The molecule has 5 N–H and O–H groups in total. The van der Waals surface area contributed by atoms with Crippen LogP contribution in [0.15, 0.2) is 11.6 Å². The highest BCUT2D eigenvalue weighted by atomic mass is 32.2. The molecule has 4 nitrogen and oxygen atoms in total. The van der Waals surface area contributed by atoms with E-state index < -0.39 is 12.0 Å². The van der Waals surface area contributed by atoms with E-state index in [0.717, 1.165) is 11.8 Å². The van der Waals surface area contributed by atoms with Gasteiger partial charge < -0.3 is 16.6 Å². The Bertz CT molecular complexity index is 149. The van der Waals surface area contributed by atoms with E-state index in [1.165, 1.54) is 0 Å². The molecule has 0 aliphatic carbocycles. The van der Waals surface area contributed by atoms with Crippen molar-refractivity contribution >= 4 is 17.7 Å². The van der Waals surface area contributed by atoms with Gasteiger partial charge in [0.05, 0.1) is 5.03 Å². The quantitative estimate of drug-likeness (QED) is 0.521. The number of hydrogen-bond donors (Lipinski definition) is 3. The van der Waals surface area contributed by atoms with Crippen LogP contribution in [0.4, 0.5) is 0 Å². The van der Waals surface area contributed by atoms with Crippen LogP contribution in [0.5, 0.6) is 0 Å². The van der Waals surface area contributed by atoms with Crippen molar-refractivity contribution in [1.29, 1.82) is 0 Å². The first-order valence-electron chi connectivity index (χ1n) is 2.59. The molecule has 0 amide bonds. The van der Waals surface area contributed by atoms with Crippen molar-refractivity contribution in [3.05, 3.63) is 11.6 Å². The van der Waals surface area contributed by atoms with Crippen molar-refractivity contribution < 1.29 is 9.90 Å². The number of carboxylic acid groups (broad SMARTS) is 1. The fraction of sp³-hybridized carbons (Fsp3) is 0.400. The van der Waals surface area contributed by atoms with Crippen LogP contribution < -0.4 is 11.5 Å². The summed E-state index contributed by atoms with van der Waals surface area (Å²) >= 11 is 1.15. The molecule has 0 aliphatic heterocycles. The van der Waals surface area contributed by atoms with Crippen molar-refractivity contribution in [2.45, 2.75) is 6.04 Å². The van der Waals surface area contributed by atoms with Gasteiger partial charge in [-0.25, -0.2) is 0 Å². The van der Waals surface area contributed by atoms with E-state index in [0.29, 0.717) is 5.03 Å². The molecule has 0 rings (SSSR count). The highest BCUT2D eigenvalue weighted by molar-refractivity contribution is 8.03. The van der Waals surface area contributed by atoms with E-state index in [1.54, 1.807) is 0 Å². The first-order valence-corrected chi connectivity index (χ1v) is 3.58. The Labute approximate surface area is 63.3 Å². The van der Waals surface area contributed by atoms with Crippen molar-refractivity contribution in [3.8, 4) is 0 Å². The predicted octanol–water partition coefficient (Wildman–Crippen LogP) is -0.439. The predicted molar refractivity (Wildman–Crippen MR) is 41.4 cm³/mol. The van der Waals surface area contributed by atoms with Gasteiger partial charge in [0.25, 0.3) is 0 Å². The summed E-state index contributed by atoms with van der Waals surface area (Å²) in [5, 5.41) is 8.67. The van der Waals surface area contributed by atoms with Crippen LogP contribution in [0.1, 0.15) is 0 Å². The van der Waals surface area contributed by atoms with Crippen LogP contribution >= 0.6 is 11.8 Å². The summed E-state index contributed by atoms with van der Waals surface area (Å²) in [6, 6.07) is -0.856. The molecule has 5 heteroatoms. The van der Waals surface area contributed by atoms with E-state index in [4.69, 9.17) is 16.6 Å². The summed E-state index contributed by atoms with van der Waals surface area (Å²) in [7, 11) is 0. The third-order valence-corrected chi connectivity index (χ3v) is 1.66. The van der Waals surface area contributed by atoms with Gasteiger partial charge in [-0.05, 0) is 0 Å². The number of aliphatic carboxylic acids is 1. The number of thioether (sulfide) groups is 1. The largest absolute Gasteiger partial charge is 0.480 e. The van der Waals surface area contributed by atoms with E-state index >= 15 is 0 Å². The topological polar surface area (TPSA) is 89.3 Å².